The summed E-state index contributed by atoms with van der Waals surface area (Å²) in [6.45, 7) is 4.74. The van der Waals surface area contributed by atoms with Crippen LogP contribution in [0.25, 0.3) is 0 Å². The second kappa shape index (κ2) is 8.40. The highest BCUT2D eigenvalue weighted by molar-refractivity contribution is 5.79. The lowest BCUT2D eigenvalue weighted by molar-refractivity contribution is -0.126. The number of carbonyl (C=O) groups excluding carboxylic acids is 1. The maximum absolute atomic E-state index is 12.8. The van der Waals surface area contributed by atoms with Gasteiger partial charge in [-0.1, -0.05) is 24.1 Å². The van der Waals surface area contributed by atoms with Gasteiger partial charge in [0, 0.05) is 36.7 Å². The van der Waals surface area contributed by atoms with E-state index in [9.17, 15) is 4.79 Å². The highest BCUT2D eigenvalue weighted by Crippen LogP contribution is 2.40. The number of rotatable bonds is 6. The molecule has 144 valence electrons. The summed E-state index contributed by atoms with van der Waals surface area (Å²) in [4.78, 5) is 12.8. The summed E-state index contributed by atoms with van der Waals surface area (Å²) >= 11 is 0. The standard InChI is InChI=1S/C21H32N2O3/c1-15-6-7-19(25-2)18(12-15)21(8-10-26-11-9-21)14-23-20(24)17-5-3-4-16(17)13-22/h6-7,12,16-17H,3-5,8-11,13-14,22H2,1-2H3,(H,23,24)/t16-,17-/m1/s1. The fourth-order valence-corrected chi connectivity index (χ4v) is 4.59. The van der Waals surface area contributed by atoms with Crippen LogP contribution >= 0.6 is 0 Å². The van der Waals surface area contributed by atoms with Gasteiger partial charge in [0.05, 0.1) is 7.11 Å². The molecule has 0 radical (unpaired) electrons. The lowest BCUT2D eigenvalue weighted by Crippen LogP contribution is -2.47. The predicted molar refractivity (Wildman–Crippen MR) is 102 cm³/mol. The lowest BCUT2D eigenvalue weighted by Gasteiger charge is -2.39. The largest absolute Gasteiger partial charge is 0.496 e. The molecule has 3 N–H and O–H groups in total. The highest BCUT2D eigenvalue weighted by Gasteiger charge is 2.39. The monoisotopic (exact) mass is 360 g/mol. The molecule has 1 aliphatic carbocycles. The molecule has 0 unspecified atom stereocenters. The molecule has 2 aliphatic rings. The van der Waals surface area contributed by atoms with Gasteiger partial charge in [-0.2, -0.15) is 0 Å². The maximum atomic E-state index is 12.8. The zero-order chi connectivity index (χ0) is 18.6. The lowest BCUT2D eigenvalue weighted by atomic mass is 9.73. The maximum Gasteiger partial charge on any atom is 0.223 e. The van der Waals surface area contributed by atoms with Gasteiger partial charge in [-0.05, 0) is 51.1 Å². The second-order valence-electron chi connectivity index (χ2n) is 7.85. The van der Waals surface area contributed by atoms with Crippen molar-refractivity contribution in [2.75, 3.05) is 33.4 Å². The Balaban J connectivity index is 1.80. The third-order valence-corrected chi connectivity index (χ3v) is 6.28. The summed E-state index contributed by atoms with van der Waals surface area (Å²) in [6, 6.07) is 6.30. The first-order valence-electron chi connectivity index (χ1n) is 9.80. The van der Waals surface area contributed by atoms with Gasteiger partial charge >= 0.3 is 0 Å². The second-order valence-corrected chi connectivity index (χ2v) is 7.85. The minimum Gasteiger partial charge on any atom is -0.496 e. The Bertz CT molecular complexity index is 626. The van der Waals surface area contributed by atoms with Crippen LogP contribution in [0.3, 0.4) is 0 Å². The van der Waals surface area contributed by atoms with Crippen molar-refractivity contribution in [3.8, 4) is 5.75 Å². The number of aryl methyl sites for hydroxylation is 1. The third-order valence-electron chi connectivity index (χ3n) is 6.28. The van der Waals surface area contributed by atoms with Crippen LogP contribution in [-0.2, 0) is 14.9 Å². The topological polar surface area (TPSA) is 73.6 Å². The van der Waals surface area contributed by atoms with E-state index in [0.29, 0.717) is 32.2 Å². The van der Waals surface area contributed by atoms with Crippen LogP contribution in [0.5, 0.6) is 5.75 Å². The van der Waals surface area contributed by atoms with Crippen molar-refractivity contribution < 1.29 is 14.3 Å². The molecule has 2 atom stereocenters. The number of hydrogen-bond acceptors (Lipinski definition) is 4. The molecule has 1 heterocycles. The number of hydrogen-bond donors (Lipinski definition) is 2. The van der Waals surface area contributed by atoms with Gasteiger partial charge in [0.25, 0.3) is 0 Å². The van der Waals surface area contributed by atoms with Gasteiger partial charge in [-0.25, -0.2) is 0 Å². The summed E-state index contributed by atoms with van der Waals surface area (Å²) in [6.07, 6.45) is 4.90. The van der Waals surface area contributed by atoms with E-state index in [1.165, 1.54) is 11.1 Å². The molecule has 2 fully saturated rings. The van der Waals surface area contributed by atoms with Gasteiger partial charge < -0.3 is 20.5 Å². The van der Waals surface area contributed by atoms with E-state index < -0.39 is 0 Å². The van der Waals surface area contributed by atoms with Crippen molar-refractivity contribution >= 4 is 5.91 Å². The first-order chi connectivity index (χ1) is 12.6. The summed E-state index contributed by atoms with van der Waals surface area (Å²) in [5.41, 5.74) is 8.11. The molecule has 5 nitrogen and oxygen atoms in total. The van der Waals surface area contributed by atoms with Crippen LogP contribution in [0.1, 0.15) is 43.2 Å². The molecule has 0 aromatic heterocycles. The Labute approximate surface area is 156 Å². The zero-order valence-corrected chi connectivity index (χ0v) is 16.1. The average molecular weight is 360 g/mol. The van der Waals surface area contributed by atoms with Crippen molar-refractivity contribution in [2.24, 2.45) is 17.6 Å². The quantitative estimate of drug-likeness (QED) is 0.818. The van der Waals surface area contributed by atoms with Crippen LogP contribution < -0.4 is 15.8 Å². The molecule has 26 heavy (non-hydrogen) atoms. The van der Waals surface area contributed by atoms with E-state index in [-0.39, 0.29) is 17.2 Å². The number of nitrogens with two attached hydrogens (primary N) is 1. The normalized spacial score (nSPS) is 25.0. The SMILES string of the molecule is COc1ccc(C)cc1C1(CNC(=O)[C@@H]2CCC[C@@H]2CN)CCOCC1. The van der Waals surface area contributed by atoms with Gasteiger partial charge in [-0.15, -0.1) is 0 Å². The van der Waals surface area contributed by atoms with Crippen LogP contribution in [0, 0.1) is 18.8 Å². The van der Waals surface area contributed by atoms with Crippen molar-refractivity contribution in [3.05, 3.63) is 29.3 Å². The fourth-order valence-electron chi connectivity index (χ4n) is 4.59. The van der Waals surface area contributed by atoms with Crippen LogP contribution in [0.4, 0.5) is 0 Å². The molecule has 1 amide bonds. The van der Waals surface area contributed by atoms with Crippen molar-refractivity contribution in [3.63, 3.8) is 0 Å². The summed E-state index contributed by atoms with van der Waals surface area (Å²) < 4.78 is 11.3. The minimum absolute atomic E-state index is 0.0660. The Morgan fingerprint density at radius 2 is 2.12 bits per heavy atom. The summed E-state index contributed by atoms with van der Waals surface area (Å²) in [5, 5.41) is 3.26. The average Bonchev–Trinajstić information content (AvgIpc) is 3.16. The molecular formula is C21H32N2O3. The Kier molecular flexibility index (Phi) is 6.20. The molecule has 1 aromatic rings. The first kappa shape index (κ1) is 19.2. The molecular weight excluding hydrogens is 328 g/mol. The molecule has 1 saturated heterocycles. The zero-order valence-electron chi connectivity index (χ0n) is 16.1. The van der Waals surface area contributed by atoms with Crippen molar-refractivity contribution in [1.29, 1.82) is 0 Å². The minimum atomic E-state index is -0.137. The van der Waals surface area contributed by atoms with E-state index in [1.54, 1.807) is 7.11 Å². The molecule has 0 bridgehead atoms. The van der Waals surface area contributed by atoms with Gasteiger partial charge in [0.15, 0.2) is 0 Å². The summed E-state index contributed by atoms with van der Waals surface area (Å²) in [5.74, 6) is 1.45. The molecule has 1 saturated carbocycles. The Hall–Kier alpha value is -1.59. The fraction of sp³-hybridized carbons (Fsp3) is 0.667. The molecule has 0 spiro atoms. The highest BCUT2D eigenvalue weighted by atomic mass is 16.5. The first-order valence-corrected chi connectivity index (χ1v) is 9.80. The smallest absolute Gasteiger partial charge is 0.223 e. The van der Waals surface area contributed by atoms with Crippen molar-refractivity contribution in [1.82, 2.24) is 5.32 Å². The molecule has 1 aromatic carbocycles. The van der Waals surface area contributed by atoms with E-state index >= 15 is 0 Å². The van der Waals surface area contributed by atoms with Crippen LogP contribution in [0.15, 0.2) is 18.2 Å². The summed E-state index contributed by atoms with van der Waals surface area (Å²) in [7, 11) is 1.71. The van der Waals surface area contributed by atoms with Gasteiger partial charge in [0.2, 0.25) is 5.91 Å². The Morgan fingerprint density at radius 1 is 1.35 bits per heavy atom. The third kappa shape index (κ3) is 3.89. The van der Waals surface area contributed by atoms with Gasteiger partial charge in [-0.3, -0.25) is 4.79 Å². The van der Waals surface area contributed by atoms with E-state index in [1.807, 2.05) is 6.07 Å². The van der Waals surface area contributed by atoms with Crippen LogP contribution in [-0.4, -0.2) is 39.3 Å². The van der Waals surface area contributed by atoms with Crippen LogP contribution in [0.2, 0.25) is 0 Å². The van der Waals surface area contributed by atoms with Gasteiger partial charge in [0.1, 0.15) is 5.75 Å². The molecule has 1 aliphatic heterocycles. The van der Waals surface area contributed by atoms with Crippen molar-refractivity contribution in [2.45, 2.75) is 44.4 Å². The van der Waals surface area contributed by atoms with E-state index in [0.717, 1.165) is 37.9 Å². The number of carbonyl (C=O) groups is 1. The number of ether oxygens (including phenoxy) is 2. The predicted octanol–water partition coefficient (Wildman–Crippen LogP) is 2.54. The number of benzene rings is 1. The van der Waals surface area contributed by atoms with E-state index in [4.69, 9.17) is 15.2 Å². The molecule has 3 rings (SSSR count). The van der Waals surface area contributed by atoms with E-state index in [2.05, 4.69) is 24.4 Å². The number of nitrogens with one attached hydrogen (secondary N) is 1. The Morgan fingerprint density at radius 3 is 2.81 bits per heavy atom. The molecule has 5 heteroatoms. The number of methoxy groups -OCH3 is 1. The number of amides is 1.